The number of carboxylic acid groups (broad SMARTS) is 1. The fourth-order valence-corrected chi connectivity index (χ4v) is 2.28. The van der Waals surface area contributed by atoms with Crippen LogP contribution in [0.4, 0.5) is 0 Å². The second kappa shape index (κ2) is 7.18. The van der Waals surface area contributed by atoms with Gasteiger partial charge in [-0.3, -0.25) is 0 Å². The van der Waals surface area contributed by atoms with Gasteiger partial charge >= 0.3 is 5.97 Å². The van der Waals surface area contributed by atoms with E-state index in [1.165, 1.54) is 0 Å². The fraction of sp³-hybridized carbons (Fsp3) is 0.316. The molecule has 23 heavy (non-hydrogen) atoms. The molecule has 0 aliphatic carbocycles. The van der Waals surface area contributed by atoms with E-state index in [2.05, 4.69) is 0 Å². The van der Waals surface area contributed by atoms with Crippen molar-refractivity contribution in [1.29, 1.82) is 0 Å². The Morgan fingerprint density at radius 1 is 0.870 bits per heavy atom. The Labute approximate surface area is 136 Å². The van der Waals surface area contributed by atoms with E-state index in [0.29, 0.717) is 11.3 Å². The van der Waals surface area contributed by atoms with Gasteiger partial charge in [0.25, 0.3) is 0 Å². The number of ether oxygens (including phenoxy) is 2. The lowest BCUT2D eigenvalue weighted by atomic mass is 9.99. The van der Waals surface area contributed by atoms with Gasteiger partial charge in [0.15, 0.2) is 0 Å². The zero-order valence-corrected chi connectivity index (χ0v) is 13.9. The molecule has 2 aromatic rings. The summed E-state index contributed by atoms with van der Waals surface area (Å²) in [6, 6.07) is 12.4. The average molecular weight is 314 g/mol. The van der Waals surface area contributed by atoms with Crippen LogP contribution in [0.25, 0.3) is 11.1 Å². The molecule has 0 heterocycles. The molecule has 4 nitrogen and oxygen atoms in total. The van der Waals surface area contributed by atoms with Crippen LogP contribution < -0.4 is 9.47 Å². The minimum absolute atomic E-state index is 0.0281. The summed E-state index contributed by atoms with van der Waals surface area (Å²) >= 11 is 0. The molecule has 2 rings (SSSR count). The van der Waals surface area contributed by atoms with Crippen molar-refractivity contribution in [3.05, 3.63) is 48.0 Å². The Balaban J connectivity index is 2.40. The van der Waals surface area contributed by atoms with Gasteiger partial charge in [0, 0.05) is 0 Å². The van der Waals surface area contributed by atoms with E-state index < -0.39 is 5.97 Å². The number of hydrogen-bond acceptors (Lipinski definition) is 3. The van der Waals surface area contributed by atoms with E-state index in [9.17, 15) is 9.90 Å². The van der Waals surface area contributed by atoms with E-state index in [1.54, 1.807) is 18.2 Å². The van der Waals surface area contributed by atoms with Crippen molar-refractivity contribution in [1.82, 2.24) is 0 Å². The largest absolute Gasteiger partial charge is 0.491 e. The summed E-state index contributed by atoms with van der Waals surface area (Å²) in [7, 11) is 0. The minimum Gasteiger partial charge on any atom is -0.491 e. The van der Waals surface area contributed by atoms with Crippen LogP contribution in [0.2, 0.25) is 0 Å². The highest BCUT2D eigenvalue weighted by Gasteiger charge is 2.14. The van der Waals surface area contributed by atoms with Gasteiger partial charge in [-0.05, 0) is 69.2 Å². The Morgan fingerprint density at radius 3 is 1.91 bits per heavy atom. The highest BCUT2D eigenvalue weighted by molar-refractivity contribution is 5.96. The molecule has 1 N–H and O–H groups in total. The van der Waals surface area contributed by atoms with Crippen molar-refractivity contribution < 1.29 is 19.4 Å². The summed E-state index contributed by atoms with van der Waals surface area (Å²) in [5, 5.41) is 9.41. The molecule has 0 aromatic heterocycles. The van der Waals surface area contributed by atoms with Gasteiger partial charge in [-0.15, -0.1) is 0 Å². The summed E-state index contributed by atoms with van der Waals surface area (Å²) in [4.78, 5) is 11.5. The molecule has 0 saturated heterocycles. The van der Waals surface area contributed by atoms with Gasteiger partial charge in [0.1, 0.15) is 11.5 Å². The average Bonchev–Trinajstić information content (AvgIpc) is 2.46. The molecule has 0 aliphatic rings. The van der Waals surface area contributed by atoms with Crippen molar-refractivity contribution in [3.63, 3.8) is 0 Å². The number of hydrogen-bond donors (Lipinski definition) is 1. The van der Waals surface area contributed by atoms with Gasteiger partial charge in [0.2, 0.25) is 0 Å². The van der Waals surface area contributed by atoms with E-state index in [4.69, 9.17) is 9.47 Å². The maximum absolute atomic E-state index is 11.5. The third kappa shape index (κ3) is 4.49. The number of carbonyl (C=O) groups is 1. The number of benzene rings is 2. The van der Waals surface area contributed by atoms with Gasteiger partial charge < -0.3 is 14.6 Å². The Kier molecular flexibility index (Phi) is 5.27. The minimum atomic E-state index is -0.960. The van der Waals surface area contributed by atoms with Crippen molar-refractivity contribution in [2.75, 3.05) is 0 Å². The first-order valence-corrected chi connectivity index (χ1v) is 7.68. The number of rotatable bonds is 6. The van der Waals surface area contributed by atoms with Gasteiger partial charge in [-0.1, -0.05) is 12.1 Å². The smallest absolute Gasteiger partial charge is 0.336 e. The molecule has 0 fully saturated rings. The predicted molar refractivity (Wildman–Crippen MR) is 90.4 cm³/mol. The number of carboxylic acids is 1. The summed E-state index contributed by atoms with van der Waals surface area (Å²) in [5.41, 5.74) is 1.69. The fourth-order valence-electron chi connectivity index (χ4n) is 2.28. The molecule has 4 heteroatoms. The second-order valence-corrected chi connectivity index (χ2v) is 5.87. The molecular formula is C19H22O4. The van der Waals surface area contributed by atoms with Crippen molar-refractivity contribution in [3.8, 4) is 22.6 Å². The molecular weight excluding hydrogens is 292 g/mol. The molecule has 2 aromatic carbocycles. The van der Waals surface area contributed by atoms with Crippen LogP contribution in [0.5, 0.6) is 11.5 Å². The molecule has 0 radical (unpaired) electrons. The lowest BCUT2D eigenvalue weighted by Gasteiger charge is -2.14. The molecule has 0 aliphatic heterocycles. The number of aromatic carboxylic acids is 1. The lowest BCUT2D eigenvalue weighted by molar-refractivity contribution is 0.0697. The standard InChI is InChI=1S/C19H22O4/c1-12(2)22-15-7-5-14(6-8-15)18-11-16(23-13(3)4)9-10-17(18)19(20)21/h5-13H,1-4H3,(H,20,21). The van der Waals surface area contributed by atoms with Crippen molar-refractivity contribution in [2.24, 2.45) is 0 Å². The normalized spacial score (nSPS) is 10.9. The molecule has 0 saturated carbocycles. The summed E-state index contributed by atoms with van der Waals surface area (Å²) in [6.45, 7) is 7.79. The van der Waals surface area contributed by atoms with Gasteiger partial charge in [0.05, 0.1) is 17.8 Å². The highest BCUT2D eigenvalue weighted by atomic mass is 16.5. The summed E-state index contributed by atoms with van der Waals surface area (Å²) in [6.07, 6.45) is 0.124. The predicted octanol–water partition coefficient (Wildman–Crippen LogP) is 4.63. The zero-order chi connectivity index (χ0) is 17.0. The van der Waals surface area contributed by atoms with E-state index in [-0.39, 0.29) is 17.8 Å². The molecule has 0 amide bonds. The molecule has 0 atom stereocenters. The van der Waals surface area contributed by atoms with Crippen LogP contribution in [-0.2, 0) is 0 Å². The zero-order valence-electron chi connectivity index (χ0n) is 13.9. The molecule has 122 valence electrons. The Morgan fingerprint density at radius 2 is 1.39 bits per heavy atom. The van der Waals surface area contributed by atoms with Gasteiger partial charge in [-0.25, -0.2) is 4.79 Å². The van der Waals surface area contributed by atoms with E-state index in [0.717, 1.165) is 11.3 Å². The van der Waals surface area contributed by atoms with Crippen LogP contribution in [0.15, 0.2) is 42.5 Å². The first kappa shape index (κ1) is 16.9. The molecule has 0 spiro atoms. The lowest BCUT2D eigenvalue weighted by Crippen LogP contribution is -2.07. The topological polar surface area (TPSA) is 55.8 Å². The van der Waals surface area contributed by atoms with E-state index >= 15 is 0 Å². The van der Waals surface area contributed by atoms with Crippen LogP contribution in [0.3, 0.4) is 0 Å². The summed E-state index contributed by atoms with van der Waals surface area (Å²) in [5.74, 6) is 0.455. The Bertz CT molecular complexity index is 672. The van der Waals surface area contributed by atoms with E-state index in [1.807, 2.05) is 52.0 Å². The van der Waals surface area contributed by atoms with Crippen molar-refractivity contribution >= 4 is 5.97 Å². The second-order valence-electron chi connectivity index (χ2n) is 5.87. The maximum Gasteiger partial charge on any atom is 0.336 e. The molecule has 0 bridgehead atoms. The molecule has 0 unspecified atom stereocenters. The Hall–Kier alpha value is -2.49. The highest BCUT2D eigenvalue weighted by Crippen LogP contribution is 2.30. The summed E-state index contributed by atoms with van der Waals surface area (Å²) < 4.78 is 11.3. The first-order valence-electron chi connectivity index (χ1n) is 7.68. The van der Waals surface area contributed by atoms with Crippen LogP contribution in [0.1, 0.15) is 38.1 Å². The van der Waals surface area contributed by atoms with Gasteiger partial charge in [-0.2, -0.15) is 0 Å². The maximum atomic E-state index is 11.5. The SMILES string of the molecule is CC(C)Oc1ccc(-c2cc(OC(C)C)ccc2C(=O)O)cc1. The first-order chi connectivity index (χ1) is 10.9. The third-order valence-electron chi connectivity index (χ3n) is 3.13. The monoisotopic (exact) mass is 314 g/mol. The van der Waals surface area contributed by atoms with Crippen LogP contribution in [-0.4, -0.2) is 23.3 Å². The van der Waals surface area contributed by atoms with Crippen molar-refractivity contribution in [2.45, 2.75) is 39.9 Å². The third-order valence-corrected chi connectivity index (χ3v) is 3.13. The quantitative estimate of drug-likeness (QED) is 0.845. The van der Waals surface area contributed by atoms with Crippen LogP contribution >= 0.6 is 0 Å². The van der Waals surface area contributed by atoms with Crippen LogP contribution in [0, 0.1) is 0 Å².